The third-order valence-corrected chi connectivity index (χ3v) is 7.94. The van der Waals surface area contributed by atoms with Crippen LogP contribution in [0.1, 0.15) is 43.0 Å². The lowest BCUT2D eigenvalue weighted by molar-refractivity contribution is -0.115. The van der Waals surface area contributed by atoms with Crippen LogP contribution >= 0.6 is 11.3 Å². The Bertz CT molecular complexity index is 864. The lowest BCUT2D eigenvalue weighted by Gasteiger charge is -2.13. The summed E-state index contributed by atoms with van der Waals surface area (Å²) in [6.07, 6.45) is 2.00. The van der Waals surface area contributed by atoms with Crippen molar-refractivity contribution in [3.05, 3.63) is 46.8 Å². The van der Waals surface area contributed by atoms with Gasteiger partial charge in [-0.1, -0.05) is 26.0 Å². The van der Waals surface area contributed by atoms with E-state index < -0.39 is 10.0 Å². The molecule has 5 nitrogen and oxygen atoms in total. The third kappa shape index (κ3) is 4.34. The van der Waals surface area contributed by atoms with E-state index in [0.29, 0.717) is 23.2 Å². The zero-order valence-corrected chi connectivity index (χ0v) is 16.7. The Balaban J connectivity index is 1.62. The van der Waals surface area contributed by atoms with Crippen LogP contribution in [0.25, 0.3) is 0 Å². The fourth-order valence-electron chi connectivity index (χ4n) is 2.96. The maximum absolute atomic E-state index is 12.5. The maximum Gasteiger partial charge on any atom is 0.252 e. The highest BCUT2D eigenvalue weighted by Crippen LogP contribution is 2.27. The van der Waals surface area contributed by atoms with Gasteiger partial charge in [0.2, 0.25) is 5.91 Å². The van der Waals surface area contributed by atoms with Crippen molar-refractivity contribution in [2.24, 2.45) is 0 Å². The van der Waals surface area contributed by atoms with Gasteiger partial charge in [-0.2, -0.15) is 4.31 Å². The van der Waals surface area contributed by atoms with Gasteiger partial charge in [-0.05, 0) is 48.6 Å². The molecule has 1 aromatic heterocycles. The van der Waals surface area contributed by atoms with Gasteiger partial charge < -0.3 is 5.32 Å². The molecule has 1 amide bonds. The summed E-state index contributed by atoms with van der Waals surface area (Å²) >= 11 is 1.18. The number of thiophene rings is 1. The van der Waals surface area contributed by atoms with Crippen LogP contribution in [0.15, 0.2) is 40.6 Å². The van der Waals surface area contributed by atoms with Gasteiger partial charge in [0.25, 0.3) is 10.0 Å². The Morgan fingerprint density at radius 2 is 1.77 bits per heavy atom. The number of rotatable bonds is 6. The van der Waals surface area contributed by atoms with E-state index >= 15 is 0 Å². The molecule has 0 saturated carbocycles. The second-order valence-corrected chi connectivity index (χ2v) is 10.2. The normalized spacial score (nSPS) is 15.5. The molecule has 1 saturated heterocycles. The number of nitrogens with zero attached hydrogens (tertiary/aromatic N) is 1. The van der Waals surface area contributed by atoms with E-state index in [1.165, 1.54) is 21.2 Å². The molecule has 0 bridgehead atoms. The number of hydrogen-bond donors (Lipinski definition) is 1. The standard InChI is InChI=1S/C19H24N2O3S2/c1-14(2)15-5-7-16(8-6-15)20-18(22)13-17-9-10-19(25-17)26(23,24)21-11-3-4-12-21/h5-10,14H,3-4,11-13H2,1-2H3,(H,20,22). The molecule has 2 heterocycles. The molecule has 0 atom stereocenters. The summed E-state index contributed by atoms with van der Waals surface area (Å²) in [5, 5.41) is 2.87. The van der Waals surface area contributed by atoms with Crippen molar-refractivity contribution in [1.82, 2.24) is 4.31 Å². The molecule has 0 unspecified atom stereocenters. The van der Waals surface area contributed by atoms with Crippen LogP contribution in [0.2, 0.25) is 0 Å². The fraction of sp³-hybridized carbons (Fsp3) is 0.421. The van der Waals surface area contributed by atoms with Crippen LogP contribution in [0.5, 0.6) is 0 Å². The minimum atomic E-state index is -3.41. The number of sulfonamides is 1. The first kappa shape index (κ1) is 19.1. The zero-order valence-electron chi connectivity index (χ0n) is 15.1. The molecule has 26 heavy (non-hydrogen) atoms. The summed E-state index contributed by atoms with van der Waals surface area (Å²) in [6.45, 7) is 5.42. The molecule has 0 aliphatic carbocycles. The van der Waals surface area contributed by atoms with Gasteiger partial charge in [-0.3, -0.25) is 4.79 Å². The van der Waals surface area contributed by atoms with Crippen molar-refractivity contribution < 1.29 is 13.2 Å². The monoisotopic (exact) mass is 392 g/mol. The molecular formula is C19H24N2O3S2. The fourth-order valence-corrected chi connectivity index (χ4v) is 5.99. The number of hydrogen-bond acceptors (Lipinski definition) is 4. The number of benzene rings is 1. The molecule has 3 rings (SSSR count). The summed E-state index contributed by atoms with van der Waals surface area (Å²) in [4.78, 5) is 13.0. The van der Waals surface area contributed by atoms with Crippen molar-refractivity contribution in [1.29, 1.82) is 0 Å². The summed E-state index contributed by atoms with van der Waals surface area (Å²) in [5.74, 6) is 0.302. The van der Waals surface area contributed by atoms with Gasteiger partial charge >= 0.3 is 0 Å². The first-order chi connectivity index (χ1) is 12.4. The molecule has 1 aliphatic rings. The Labute approximate surface area is 159 Å². The van der Waals surface area contributed by atoms with E-state index in [2.05, 4.69) is 19.2 Å². The van der Waals surface area contributed by atoms with E-state index in [9.17, 15) is 13.2 Å². The van der Waals surface area contributed by atoms with E-state index in [4.69, 9.17) is 0 Å². The average molecular weight is 393 g/mol. The van der Waals surface area contributed by atoms with Gasteiger partial charge in [0.05, 0.1) is 6.42 Å². The first-order valence-electron chi connectivity index (χ1n) is 8.85. The maximum atomic E-state index is 12.5. The second kappa shape index (κ2) is 7.90. The van der Waals surface area contributed by atoms with Gasteiger partial charge in [0, 0.05) is 23.7 Å². The Morgan fingerprint density at radius 1 is 1.12 bits per heavy atom. The zero-order chi connectivity index (χ0) is 18.7. The topological polar surface area (TPSA) is 66.5 Å². The van der Waals surface area contributed by atoms with E-state index in [-0.39, 0.29) is 12.3 Å². The number of anilines is 1. The Morgan fingerprint density at radius 3 is 2.38 bits per heavy atom. The van der Waals surface area contributed by atoms with Gasteiger partial charge in [-0.15, -0.1) is 11.3 Å². The molecule has 0 radical (unpaired) electrons. The SMILES string of the molecule is CC(C)c1ccc(NC(=O)Cc2ccc(S(=O)(=O)N3CCCC3)s2)cc1. The minimum absolute atomic E-state index is 0.144. The summed E-state index contributed by atoms with van der Waals surface area (Å²) in [7, 11) is -3.41. The largest absolute Gasteiger partial charge is 0.326 e. The van der Waals surface area contributed by atoms with E-state index in [0.717, 1.165) is 23.4 Å². The van der Waals surface area contributed by atoms with Crippen LogP contribution in [0.3, 0.4) is 0 Å². The number of amides is 1. The van der Waals surface area contributed by atoms with Crippen molar-refractivity contribution in [3.63, 3.8) is 0 Å². The first-order valence-corrected chi connectivity index (χ1v) is 11.1. The number of carbonyl (C=O) groups excluding carboxylic acids is 1. The predicted octanol–water partition coefficient (Wildman–Crippen LogP) is 3.84. The van der Waals surface area contributed by atoms with Crippen LogP contribution in [-0.2, 0) is 21.2 Å². The molecule has 140 valence electrons. The molecular weight excluding hydrogens is 368 g/mol. The quantitative estimate of drug-likeness (QED) is 0.812. The molecule has 1 aliphatic heterocycles. The van der Waals surface area contributed by atoms with Crippen molar-refractivity contribution in [3.8, 4) is 0 Å². The summed E-state index contributed by atoms with van der Waals surface area (Å²) in [6, 6.07) is 11.1. The molecule has 7 heteroatoms. The molecule has 0 spiro atoms. The lowest BCUT2D eigenvalue weighted by Crippen LogP contribution is -2.27. The van der Waals surface area contributed by atoms with Gasteiger partial charge in [0.1, 0.15) is 4.21 Å². The second-order valence-electron chi connectivity index (χ2n) is 6.83. The van der Waals surface area contributed by atoms with Crippen LogP contribution in [-0.4, -0.2) is 31.7 Å². The molecule has 1 aromatic carbocycles. The van der Waals surface area contributed by atoms with E-state index in [1.807, 2.05) is 24.3 Å². The van der Waals surface area contributed by atoms with Crippen molar-refractivity contribution >= 4 is 33.0 Å². The summed E-state index contributed by atoms with van der Waals surface area (Å²) < 4.78 is 26.9. The smallest absolute Gasteiger partial charge is 0.252 e. The molecule has 1 fully saturated rings. The molecule has 1 N–H and O–H groups in total. The minimum Gasteiger partial charge on any atom is -0.326 e. The number of carbonyl (C=O) groups is 1. The van der Waals surface area contributed by atoms with Crippen LogP contribution in [0, 0.1) is 0 Å². The van der Waals surface area contributed by atoms with Crippen LogP contribution in [0.4, 0.5) is 5.69 Å². The van der Waals surface area contributed by atoms with Gasteiger partial charge in [0.15, 0.2) is 0 Å². The van der Waals surface area contributed by atoms with Crippen LogP contribution < -0.4 is 5.32 Å². The lowest BCUT2D eigenvalue weighted by atomic mass is 10.0. The number of nitrogens with one attached hydrogen (secondary N) is 1. The molecule has 2 aromatic rings. The predicted molar refractivity (Wildman–Crippen MR) is 105 cm³/mol. The highest BCUT2D eigenvalue weighted by molar-refractivity contribution is 7.91. The third-order valence-electron chi connectivity index (χ3n) is 4.49. The van der Waals surface area contributed by atoms with E-state index in [1.54, 1.807) is 12.1 Å². The average Bonchev–Trinajstić information content (AvgIpc) is 3.27. The summed E-state index contributed by atoms with van der Waals surface area (Å²) in [5.41, 5.74) is 1.97. The Kier molecular flexibility index (Phi) is 5.79. The van der Waals surface area contributed by atoms with Crippen molar-refractivity contribution in [2.45, 2.75) is 43.2 Å². The highest BCUT2D eigenvalue weighted by atomic mass is 32.2. The van der Waals surface area contributed by atoms with Gasteiger partial charge in [-0.25, -0.2) is 8.42 Å². The van der Waals surface area contributed by atoms with Crippen molar-refractivity contribution in [2.75, 3.05) is 18.4 Å². The Hall–Kier alpha value is -1.70. The highest BCUT2D eigenvalue weighted by Gasteiger charge is 2.28.